The maximum Gasteiger partial charge on any atom is 0.209 e. The van der Waals surface area contributed by atoms with E-state index in [1.54, 1.807) is 18.2 Å². The van der Waals surface area contributed by atoms with Crippen LogP contribution in [-0.4, -0.2) is 15.2 Å². The first-order valence-corrected chi connectivity index (χ1v) is 7.99. The number of aromatic nitrogens is 3. The maximum absolute atomic E-state index is 13.8. The molecule has 0 aliphatic heterocycles. The lowest BCUT2D eigenvalue weighted by atomic mass is 10.2. The Morgan fingerprint density at radius 2 is 1.86 bits per heavy atom. The molecule has 0 fully saturated rings. The summed E-state index contributed by atoms with van der Waals surface area (Å²) < 4.78 is 13.8. The predicted octanol–water partition coefficient (Wildman–Crippen LogP) is 5.12. The fourth-order valence-electron chi connectivity index (χ4n) is 2.10. The zero-order chi connectivity index (χ0) is 15.5. The van der Waals surface area contributed by atoms with Gasteiger partial charge in [-0.1, -0.05) is 53.7 Å². The SMILES string of the molecule is C[C@H](Sc1n[nH]c(-c2ccccc2F)n1)c1ccccc1Cl. The summed E-state index contributed by atoms with van der Waals surface area (Å²) in [4.78, 5) is 4.35. The molecule has 0 spiro atoms. The smallest absolute Gasteiger partial charge is 0.209 e. The minimum atomic E-state index is -0.325. The molecule has 0 amide bonds. The van der Waals surface area contributed by atoms with Gasteiger partial charge in [-0.05, 0) is 30.7 Å². The van der Waals surface area contributed by atoms with E-state index < -0.39 is 0 Å². The van der Waals surface area contributed by atoms with Crippen LogP contribution in [0, 0.1) is 5.82 Å². The van der Waals surface area contributed by atoms with Crippen LogP contribution < -0.4 is 0 Å². The molecule has 112 valence electrons. The number of H-pyrrole nitrogens is 1. The summed E-state index contributed by atoms with van der Waals surface area (Å²) in [6.45, 7) is 2.03. The first-order chi connectivity index (χ1) is 10.6. The standard InChI is InChI=1S/C16H13ClFN3S/c1-10(11-6-2-4-8-13(11)17)22-16-19-15(20-21-16)12-7-3-5-9-14(12)18/h2-10H,1H3,(H,19,20,21)/t10-/m0/s1. The molecule has 0 saturated heterocycles. The highest BCUT2D eigenvalue weighted by Crippen LogP contribution is 2.36. The van der Waals surface area contributed by atoms with E-state index in [0.717, 1.165) is 5.56 Å². The fourth-order valence-corrected chi connectivity index (χ4v) is 3.35. The Morgan fingerprint density at radius 3 is 2.64 bits per heavy atom. The molecule has 1 heterocycles. The van der Waals surface area contributed by atoms with Crippen LogP contribution in [0.1, 0.15) is 17.7 Å². The quantitative estimate of drug-likeness (QED) is 0.674. The highest BCUT2D eigenvalue weighted by atomic mass is 35.5. The number of halogens is 2. The van der Waals surface area contributed by atoms with E-state index in [0.29, 0.717) is 21.6 Å². The van der Waals surface area contributed by atoms with E-state index >= 15 is 0 Å². The van der Waals surface area contributed by atoms with Crippen LogP contribution >= 0.6 is 23.4 Å². The van der Waals surface area contributed by atoms with Crippen molar-refractivity contribution in [3.8, 4) is 11.4 Å². The molecule has 2 aromatic carbocycles. The lowest BCUT2D eigenvalue weighted by Gasteiger charge is -2.10. The van der Waals surface area contributed by atoms with Gasteiger partial charge in [0.1, 0.15) is 5.82 Å². The maximum atomic E-state index is 13.8. The number of nitrogens with one attached hydrogen (secondary N) is 1. The molecule has 3 rings (SSSR count). The predicted molar refractivity (Wildman–Crippen MR) is 87.5 cm³/mol. The van der Waals surface area contributed by atoms with Crippen molar-refractivity contribution >= 4 is 23.4 Å². The molecule has 1 N–H and O–H groups in total. The fraction of sp³-hybridized carbons (Fsp3) is 0.125. The van der Waals surface area contributed by atoms with Crippen LogP contribution in [0.4, 0.5) is 4.39 Å². The molecule has 0 unspecified atom stereocenters. The van der Waals surface area contributed by atoms with Crippen LogP contribution in [0.2, 0.25) is 5.02 Å². The number of aromatic amines is 1. The van der Waals surface area contributed by atoms with E-state index in [9.17, 15) is 4.39 Å². The lowest BCUT2D eigenvalue weighted by Crippen LogP contribution is -1.90. The molecule has 0 saturated carbocycles. The number of hydrogen-bond donors (Lipinski definition) is 1. The van der Waals surface area contributed by atoms with Gasteiger partial charge in [-0.25, -0.2) is 9.37 Å². The third kappa shape index (κ3) is 3.15. The van der Waals surface area contributed by atoms with E-state index in [4.69, 9.17) is 11.6 Å². The molecule has 3 aromatic rings. The largest absolute Gasteiger partial charge is 0.258 e. The zero-order valence-electron chi connectivity index (χ0n) is 11.8. The van der Waals surface area contributed by atoms with Crippen molar-refractivity contribution in [1.29, 1.82) is 0 Å². The summed E-state index contributed by atoms with van der Waals surface area (Å²) in [5.74, 6) is 0.0984. The van der Waals surface area contributed by atoms with Crippen molar-refractivity contribution in [1.82, 2.24) is 15.2 Å². The molecule has 1 aromatic heterocycles. The second-order valence-electron chi connectivity index (χ2n) is 4.73. The van der Waals surface area contributed by atoms with Crippen LogP contribution in [0.15, 0.2) is 53.7 Å². The Labute approximate surface area is 136 Å². The lowest BCUT2D eigenvalue weighted by molar-refractivity contribution is 0.630. The summed E-state index contributed by atoms with van der Waals surface area (Å²) in [6.07, 6.45) is 0. The topological polar surface area (TPSA) is 41.6 Å². The van der Waals surface area contributed by atoms with Crippen molar-refractivity contribution < 1.29 is 4.39 Å². The van der Waals surface area contributed by atoms with Crippen LogP contribution in [0.3, 0.4) is 0 Å². The van der Waals surface area contributed by atoms with Crippen LogP contribution in [0.5, 0.6) is 0 Å². The third-order valence-electron chi connectivity index (χ3n) is 3.22. The second-order valence-corrected chi connectivity index (χ2v) is 6.44. The normalized spacial score (nSPS) is 12.3. The Hall–Kier alpha value is -1.85. The van der Waals surface area contributed by atoms with Gasteiger partial charge in [-0.15, -0.1) is 5.10 Å². The monoisotopic (exact) mass is 333 g/mol. The third-order valence-corrected chi connectivity index (χ3v) is 4.56. The van der Waals surface area contributed by atoms with Crippen molar-refractivity contribution in [2.45, 2.75) is 17.3 Å². The van der Waals surface area contributed by atoms with Gasteiger partial charge in [0, 0.05) is 10.3 Å². The first kappa shape index (κ1) is 15.1. The number of benzene rings is 2. The molecule has 0 aliphatic carbocycles. The van der Waals surface area contributed by atoms with Crippen molar-refractivity contribution in [2.75, 3.05) is 0 Å². The average molecular weight is 334 g/mol. The van der Waals surface area contributed by atoms with Crippen molar-refractivity contribution in [3.63, 3.8) is 0 Å². The Bertz CT molecular complexity index is 790. The minimum Gasteiger partial charge on any atom is -0.258 e. The van der Waals surface area contributed by atoms with Crippen molar-refractivity contribution in [2.24, 2.45) is 0 Å². The Balaban J connectivity index is 1.80. The molecule has 6 heteroatoms. The Kier molecular flexibility index (Phi) is 4.45. The minimum absolute atomic E-state index is 0.0953. The van der Waals surface area contributed by atoms with Gasteiger partial charge in [0.05, 0.1) is 5.56 Å². The van der Waals surface area contributed by atoms with E-state index in [1.165, 1.54) is 17.8 Å². The molecule has 0 aliphatic rings. The Morgan fingerprint density at radius 1 is 1.14 bits per heavy atom. The van der Waals surface area contributed by atoms with Gasteiger partial charge in [-0.3, -0.25) is 5.10 Å². The van der Waals surface area contributed by atoms with Crippen LogP contribution in [-0.2, 0) is 0 Å². The van der Waals surface area contributed by atoms with Gasteiger partial charge in [0.2, 0.25) is 5.16 Å². The number of hydrogen-bond acceptors (Lipinski definition) is 3. The summed E-state index contributed by atoms with van der Waals surface area (Å²) >= 11 is 7.67. The number of thioether (sulfide) groups is 1. The van der Waals surface area contributed by atoms with Gasteiger partial charge in [0.15, 0.2) is 5.82 Å². The molecular weight excluding hydrogens is 321 g/mol. The molecule has 3 nitrogen and oxygen atoms in total. The van der Waals surface area contributed by atoms with Gasteiger partial charge < -0.3 is 0 Å². The molecule has 0 radical (unpaired) electrons. The van der Waals surface area contributed by atoms with Gasteiger partial charge in [-0.2, -0.15) is 0 Å². The first-order valence-electron chi connectivity index (χ1n) is 6.73. The molecular formula is C16H13ClFN3S. The molecule has 1 atom stereocenters. The highest BCUT2D eigenvalue weighted by Gasteiger charge is 2.15. The number of nitrogens with zero attached hydrogens (tertiary/aromatic N) is 2. The summed E-state index contributed by atoms with van der Waals surface area (Å²) in [6, 6.07) is 14.2. The van der Waals surface area contributed by atoms with Gasteiger partial charge in [0.25, 0.3) is 0 Å². The van der Waals surface area contributed by atoms with Crippen LogP contribution in [0.25, 0.3) is 11.4 Å². The van der Waals surface area contributed by atoms with Gasteiger partial charge >= 0.3 is 0 Å². The zero-order valence-corrected chi connectivity index (χ0v) is 13.3. The average Bonchev–Trinajstić information content (AvgIpc) is 2.96. The summed E-state index contributed by atoms with van der Waals surface area (Å²) in [5, 5.41) is 8.30. The summed E-state index contributed by atoms with van der Waals surface area (Å²) in [5.41, 5.74) is 1.43. The van der Waals surface area contributed by atoms with E-state index in [2.05, 4.69) is 15.2 Å². The van der Waals surface area contributed by atoms with E-state index in [-0.39, 0.29) is 11.1 Å². The van der Waals surface area contributed by atoms with Crippen molar-refractivity contribution in [3.05, 3.63) is 64.9 Å². The van der Waals surface area contributed by atoms with E-state index in [1.807, 2.05) is 31.2 Å². The number of rotatable bonds is 4. The highest BCUT2D eigenvalue weighted by molar-refractivity contribution is 7.99. The summed E-state index contributed by atoms with van der Waals surface area (Å²) in [7, 11) is 0. The molecule has 22 heavy (non-hydrogen) atoms. The second kappa shape index (κ2) is 6.50. The molecule has 0 bridgehead atoms.